The third-order valence-corrected chi connectivity index (χ3v) is 3.50. The zero-order valence-corrected chi connectivity index (χ0v) is 12.1. The first-order valence-corrected chi connectivity index (χ1v) is 6.66. The molecule has 2 rings (SSSR count). The van der Waals surface area contributed by atoms with Crippen molar-refractivity contribution < 1.29 is 9.21 Å². The molecule has 0 aliphatic heterocycles. The summed E-state index contributed by atoms with van der Waals surface area (Å²) in [6, 6.07) is 9.50. The molecule has 1 heterocycles. The van der Waals surface area contributed by atoms with E-state index < -0.39 is 0 Å². The van der Waals surface area contributed by atoms with Gasteiger partial charge < -0.3 is 15.5 Å². The predicted molar refractivity (Wildman–Crippen MR) is 78.6 cm³/mol. The topological polar surface area (TPSA) is 68.3 Å². The number of furan rings is 1. The van der Waals surface area contributed by atoms with E-state index in [4.69, 9.17) is 10.2 Å². The SMILES string of the molecule is Cc1oc(C)c(C(=O)NCC(N)c2ccccc2)c1C. The number of nitrogens with one attached hydrogen (secondary N) is 1. The maximum Gasteiger partial charge on any atom is 0.255 e. The molecule has 1 aromatic heterocycles. The van der Waals surface area contributed by atoms with E-state index in [2.05, 4.69) is 5.32 Å². The quantitative estimate of drug-likeness (QED) is 0.899. The highest BCUT2D eigenvalue weighted by atomic mass is 16.3. The summed E-state index contributed by atoms with van der Waals surface area (Å²) in [5.74, 6) is 1.29. The van der Waals surface area contributed by atoms with E-state index in [1.54, 1.807) is 6.92 Å². The zero-order chi connectivity index (χ0) is 14.7. The average molecular weight is 272 g/mol. The van der Waals surface area contributed by atoms with Gasteiger partial charge in [0.2, 0.25) is 0 Å². The second-order valence-corrected chi connectivity index (χ2v) is 4.94. The van der Waals surface area contributed by atoms with Crippen LogP contribution in [0.3, 0.4) is 0 Å². The Bertz CT molecular complexity index is 602. The third-order valence-electron chi connectivity index (χ3n) is 3.50. The number of hydrogen-bond acceptors (Lipinski definition) is 3. The van der Waals surface area contributed by atoms with E-state index >= 15 is 0 Å². The van der Waals surface area contributed by atoms with Crippen LogP contribution < -0.4 is 11.1 Å². The van der Waals surface area contributed by atoms with Crippen molar-refractivity contribution >= 4 is 5.91 Å². The smallest absolute Gasteiger partial charge is 0.255 e. The highest BCUT2D eigenvalue weighted by Gasteiger charge is 2.18. The van der Waals surface area contributed by atoms with Crippen LogP contribution in [0.15, 0.2) is 34.7 Å². The third kappa shape index (κ3) is 2.91. The molecule has 1 atom stereocenters. The molecule has 0 radical (unpaired) electrons. The summed E-state index contributed by atoms with van der Waals surface area (Å²) in [6.45, 7) is 5.94. The number of aryl methyl sites for hydroxylation is 2. The molecule has 0 aliphatic carbocycles. The van der Waals surface area contributed by atoms with Crippen molar-refractivity contribution in [1.82, 2.24) is 5.32 Å². The van der Waals surface area contributed by atoms with Crippen molar-refractivity contribution in [1.29, 1.82) is 0 Å². The molecule has 2 aromatic rings. The summed E-state index contributed by atoms with van der Waals surface area (Å²) < 4.78 is 5.47. The molecule has 0 aliphatic rings. The van der Waals surface area contributed by atoms with Crippen LogP contribution in [0, 0.1) is 20.8 Å². The number of hydrogen-bond donors (Lipinski definition) is 2. The van der Waals surface area contributed by atoms with Crippen LogP contribution in [-0.4, -0.2) is 12.5 Å². The van der Waals surface area contributed by atoms with Gasteiger partial charge in [0, 0.05) is 18.2 Å². The number of nitrogens with two attached hydrogens (primary N) is 1. The van der Waals surface area contributed by atoms with Gasteiger partial charge in [0.15, 0.2) is 0 Å². The summed E-state index contributed by atoms with van der Waals surface area (Å²) in [7, 11) is 0. The standard InChI is InChI=1S/C16H20N2O2/c1-10-11(2)20-12(3)15(10)16(19)18-9-14(17)13-7-5-4-6-8-13/h4-8,14H,9,17H2,1-3H3,(H,18,19). The van der Waals surface area contributed by atoms with E-state index in [9.17, 15) is 4.79 Å². The van der Waals surface area contributed by atoms with Gasteiger partial charge in [-0.15, -0.1) is 0 Å². The van der Waals surface area contributed by atoms with E-state index in [-0.39, 0.29) is 11.9 Å². The lowest BCUT2D eigenvalue weighted by atomic mass is 10.1. The molecule has 4 nitrogen and oxygen atoms in total. The van der Waals surface area contributed by atoms with Crippen LogP contribution in [0.2, 0.25) is 0 Å². The second-order valence-electron chi connectivity index (χ2n) is 4.94. The largest absolute Gasteiger partial charge is 0.466 e. The lowest BCUT2D eigenvalue weighted by Crippen LogP contribution is -2.32. The number of carbonyl (C=O) groups is 1. The molecular formula is C16H20N2O2. The molecule has 3 N–H and O–H groups in total. The fraction of sp³-hybridized carbons (Fsp3) is 0.312. The molecule has 0 saturated carbocycles. The molecule has 4 heteroatoms. The van der Waals surface area contributed by atoms with Crippen LogP contribution >= 0.6 is 0 Å². The van der Waals surface area contributed by atoms with Gasteiger partial charge in [-0.25, -0.2) is 0 Å². The van der Waals surface area contributed by atoms with Crippen LogP contribution in [0.4, 0.5) is 0 Å². The average Bonchev–Trinajstić information content (AvgIpc) is 2.70. The first-order chi connectivity index (χ1) is 9.50. The minimum atomic E-state index is -0.214. The van der Waals surface area contributed by atoms with E-state index in [1.165, 1.54) is 0 Å². The lowest BCUT2D eigenvalue weighted by Gasteiger charge is -2.13. The van der Waals surface area contributed by atoms with Crippen LogP contribution in [-0.2, 0) is 0 Å². The maximum absolute atomic E-state index is 12.2. The Morgan fingerprint density at radius 1 is 1.20 bits per heavy atom. The van der Waals surface area contributed by atoms with Gasteiger partial charge in [0.25, 0.3) is 5.91 Å². The van der Waals surface area contributed by atoms with Gasteiger partial charge >= 0.3 is 0 Å². The minimum Gasteiger partial charge on any atom is -0.466 e. The van der Waals surface area contributed by atoms with Crippen molar-refractivity contribution in [3.8, 4) is 0 Å². The Balaban J connectivity index is 2.02. The lowest BCUT2D eigenvalue weighted by molar-refractivity contribution is 0.0949. The van der Waals surface area contributed by atoms with Crippen molar-refractivity contribution in [2.45, 2.75) is 26.8 Å². The molecule has 0 fully saturated rings. The van der Waals surface area contributed by atoms with E-state index in [0.717, 1.165) is 16.9 Å². The van der Waals surface area contributed by atoms with Gasteiger partial charge in [-0.1, -0.05) is 30.3 Å². The normalized spacial score (nSPS) is 12.2. The van der Waals surface area contributed by atoms with Crippen molar-refractivity contribution in [3.63, 3.8) is 0 Å². The zero-order valence-electron chi connectivity index (χ0n) is 12.1. The van der Waals surface area contributed by atoms with Crippen LogP contribution in [0.1, 0.15) is 39.0 Å². The molecule has 0 saturated heterocycles. The molecule has 106 valence electrons. The van der Waals surface area contributed by atoms with Crippen LogP contribution in [0.25, 0.3) is 0 Å². The summed E-state index contributed by atoms with van der Waals surface area (Å²) >= 11 is 0. The number of amides is 1. The summed E-state index contributed by atoms with van der Waals surface area (Å²) in [5, 5.41) is 2.87. The first-order valence-electron chi connectivity index (χ1n) is 6.66. The van der Waals surface area contributed by atoms with Gasteiger partial charge in [0.1, 0.15) is 11.5 Å². The van der Waals surface area contributed by atoms with Crippen LogP contribution in [0.5, 0.6) is 0 Å². The maximum atomic E-state index is 12.2. The van der Waals surface area contributed by atoms with Crippen molar-refractivity contribution in [3.05, 3.63) is 58.5 Å². The highest BCUT2D eigenvalue weighted by Crippen LogP contribution is 2.20. The molecular weight excluding hydrogens is 252 g/mol. The summed E-state index contributed by atoms with van der Waals surface area (Å²) in [5.41, 5.74) is 8.57. The van der Waals surface area contributed by atoms with Gasteiger partial charge in [0.05, 0.1) is 5.56 Å². The van der Waals surface area contributed by atoms with E-state index in [0.29, 0.717) is 17.9 Å². The molecule has 20 heavy (non-hydrogen) atoms. The number of rotatable bonds is 4. The number of benzene rings is 1. The highest BCUT2D eigenvalue weighted by molar-refractivity contribution is 5.96. The molecule has 0 spiro atoms. The Hall–Kier alpha value is -2.07. The Kier molecular flexibility index (Phi) is 4.25. The summed E-state index contributed by atoms with van der Waals surface area (Å²) in [4.78, 5) is 12.2. The molecule has 1 amide bonds. The monoisotopic (exact) mass is 272 g/mol. The first kappa shape index (κ1) is 14.3. The Morgan fingerprint density at radius 2 is 1.85 bits per heavy atom. The molecule has 0 bridgehead atoms. The van der Waals surface area contributed by atoms with Gasteiger partial charge in [-0.2, -0.15) is 0 Å². The number of carbonyl (C=O) groups excluding carboxylic acids is 1. The minimum absolute atomic E-state index is 0.136. The predicted octanol–water partition coefficient (Wildman–Crippen LogP) is 2.63. The fourth-order valence-corrected chi connectivity index (χ4v) is 2.24. The second kappa shape index (κ2) is 5.92. The van der Waals surface area contributed by atoms with Gasteiger partial charge in [-0.05, 0) is 26.3 Å². The van der Waals surface area contributed by atoms with Crippen molar-refractivity contribution in [2.24, 2.45) is 5.73 Å². The van der Waals surface area contributed by atoms with E-state index in [1.807, 2.05) is 44.2 Å². The van der Waals surface area contributed by atoms with Crippen molar-refractivity contribution in [2.75, 3.05) is 6.54 Å². The fourth-order valence-electron chi connectivity index (χ4n) is 2.24. The Labute approximate surface area is 119 Å². The summed E-state index contributed by atoms with van der Waals surface area (Å²) in [6.07, 6.45) is 0. The molecule has 1 unspecified atom stereocenters. The Morgan fingerprint density at radius 3 is 2.40 bits per heavy atom. The van der Waals surface area contributed by atoms with Gasteiger partial charge in [-0.3, -0.25) is 4.79 Å². The molecule has 1 aromatic carbocycles.